The van der Waals surface area contributed by atoms with Crippen LogP contribution in [0.4, 0.5) is 4.79 Å². The van der Waals surface area contributed by atoms with Crippen molar-refractivity contribution < 1.29 is 33.2 Å². The molecule has 0 spiro atoms. The molecule has 3 rings (SSSR count). The third-order valence-corrected chi connectivity index (χ3v) is 6.21. The number of amides is 4. The van der Waals surface area contributed by atoms with Crippen LogP contribution in [-0.4, -0.2) is 58.3 Å². The first-order valence-electron chi connectivity index (χ1n) is 12.2. The molecule has 11 heteroatoms. The van der Waals surface area contributed by atoms with Crippen LogP contribution in [-0.2, 0) is 19.1 Å². The standard InChI is InChI=1S/C26H32N4O7/c1-5-6-12-18(20(31)22(32)28-16(2)17-10-8-7-9-11-17)29-25(35)36-21-24(34)30(15-26(21,3)4)23(33)19-13-14-27-37-19/h7-11,13-14,16,18,21H,5-6,12,15H2,1-4H3,(H,28,32)(H,29,35)/t16-,18+,21-/m1/s1. The average Bonchev–Trinajstić information content (AvgIpc) is 3.49. The highest BCUT2D eigenvalue weighted by molar-refractivity contribution is 6.38. The van der Waals surface area contributed by atoms with Crippen molar-refractivity contribution in [1.29, 1.82) is 0 Å². The number of imide groups is 1. The number of unbranched alkanes of at least 4 members (excludes halogenated alkanes) is 1. The zero-order chi connectivity index (χ0) is 27.2. The second-order valence-electron chi connectivity index (χ2n) is 9.69. The highest BCUT2D eigenvalue weighted by Crippen LogP contribution is 2.34. The van der Waals surface area contributed by atoms with E-state index in [1.807, 2.05) is 37.3 Å². The Morgan fingerprint density at radius 1 is 1.16 bits per heavy atom. The Morgan fingerprint density at radius 3 is 2.49 bits per heavy atom. The first kappa shape index (κ1) is 27.6. The summed E-state index contributed by atoms with van der Waals surface area (Å²) in [6.45, 7) is 7.00. The molecule has 3 atom stereocenters. The maximum atomic E-state index is 13.0. The van der Waals surface area contributed by atoms with Gasteiger partial charge in [0.05, 0.1) is 12.2 Å². The Balaban J connectivity index is 1.66. The van der Waals surface area contributed by atoms with Gasteiger partial charge in [-0.25, -0.2) is 4.79 Å². The van der Waals surface area contributed by atoms with Crippen molar-refractivity contribution in [3.63, 3.8) is 0 Å². The molecule has 2 heterocycles. The lowest BCUT2D eigenvalue weighted by Crippen LogP contribution is -2.49. The zero-order valence-electron chi connectivity index (χ0n) is 21.4. The van der Waals surface area contributed by atoms with Crippen molar-refractivity contribution in [3.8, 4) is 0 Å². The van der Waals surface area contributed by atoms with Crippen LogP contribution in [0.1, 0.15) is 69.1 Å². The number of ketones is 1. The topological polar surface area (TPSA) is 148 Å². The highest BCUT2D eigenvalue weighted by Gasteiger charge is 2.52. The molecule has 0 bridgehead atoms. The van der Waals surface area contributed by atoms with E-state index in [2.05, 4.69) is 15.8 Å². The summed E-state index contributed by atoms with van der Waals surface area (Å²) in [6, 6.07) is 8.94. The molecule has 0 aliphatic carbocycles. The predicted octanol–water partition coefficient (Wildman–Crippen LogP) is 2.78. The first-order valence-corrected chi connectivity index (χ1v) is 12.2. The molecule has 1 saturated heterocycles. The molecular weight excluding hydrogens is 480 g/mol. The van der Waals surface area contributed by atoms with Crippen LogP contribution in [0.3, 0.4) is 0 Å². The molecule has 1 aliphatic rings. The number of likely N-dealkylation sites (tertiary alicyclic amines) is 1. The van der Waals surface area contributed by atoms with Gasteiger partial charge in [0.2, 0.25) is 11.5 Å². The van der Waals surface area contributed by atoms with E-state index < -0.39 is 53.2 Å². The zero-order valence-corrected chi connectivity index (χ0v) is 21.4. The van der Waals surface area contributed by atoms with Gasteiger partial charge in [-0.1, -0.05) is 69.1 Å². The second kappa shape index (κ2) is 11.8. The molecule has 0 saturated carbocycles. The molecule has 0 unspecified atom stereocenters. The van der Waals surface area contributed by atoms with Gasteiger partial charge < -0.3 is 19.9 Å². The van der Waals surface area contributed by atoms with E-state index in [-0.39, 0.29) is 18.7 Å². The molecule has 11 nitrogen and oxygen atoms in total. The Morgan fingerprint density at radius 2 is 1.86 bits per heavy atom. The van der Waals surface area contributed by atoms with Gasteiger partial charge in [0.1, 0.15) is 6.04 Å². The normalized spacial score (nSPS) is 18.1. The predicted molar refractivity (Wildman–Crippen MR) is 131 cm³/mol. The van der Waals surface area contributed by atoms with Crippen molar-refractivity contribution in [3.05, 3.63) is 53.9 Å². The number of aromatic nitrogens is 1. The first-order chi connectivity index (χ1) is 17.5. The van der Waals surface area contributed by atoms with E-state index >= 15 is 0 Å². The third-order valence-electron chi connectivity index (χ3n) is 6.21. The van der Waals surface area contributed by atoms with E-state index in [1.54, 1.807) is 20.8 Å². The fourth-order valence-corrected chi connectivity index (χ4v) is 4.10. The summed E-state index contributed by atoms with van der Waals surface area (Å²) in [6.07, 6.45) is 0.494. The summed E-state index contributed by atoms with van der Waals surface area (Å²) in [5.74, 6) is -3.17. The van der Waals surface area contributed by atoms with Crippen molar-refractivity contribution in [2.45, 2.75) is 65.1 Å². The van der Waals surface area contributed by atoms with E-state index in [0.717, 1.165) is 16.9 Å². The van der Waals surface area contributed by atoms with Crippen molar-refractivity contribution in [2.24, 2.45) is 5.41 Å². The van der Waals surface area contributed by atoms with Crippen molar-refractivity contribution >= 4 is 29.6 Å². The minimum absolute atomic E-state index is 0.0126. The fourth-order valence-electron chi connectivity index (χ4n) is 4.10. The number of benzene rings is 1. The van der Waals surface area contributed by atoms with Crippen LogP contribution in [0.15, 0.2) is 47.1 Å². The summed E-state index contributed by atoms with van der Waals surface area (Å²) in [5, 5.41) is 8.58. The van der Waals surface area contributed by atoms with Gasteiger partial charge in [0.25, 0.3) is 17.7 Å². The summed E-state index contributed by atoms with van der Waals surface area (Å²) in [5.41, 5.74) is -0.0808. The van der Waals surface area contributed by atoms with E-state index in [9.17, 15) is 24.0 Å². The number of ether oxygens (including phenoxy) is 1. The molecule has 4 amide bonds. The summed E-state index contributed by atoms with van der Waals surface area (Å²) in [7, 11) is 0. The summed E-state index contributed by atoms with van der Waals surface area (Å²) >= 11 is 0. The minimum Gasteiger partial charge on any atom is -0.435 e. The van der Waals surface area contributed by atoms with Gasteiger partial charge >= 0.3 is 6.09 Å². The maximum Gasteiger partial charge on any atom is 0.408 e. The lowest BCUT2D eigenvalue weighted by atomic mass is 9.90. The van der Waals surface area contributed by atoms with Crippen LogP contribution in [0.5, 0.6) is 0 Å². The molecule has 0 radical (unpaired) electrons. The van der Waals surface area contributed by atoms with Crippen molar-refractivity contribution in [2.75, 3.05) is 6.54 Å². The molecule has 1 aromatic carbocycles. The number of nitrogens with zero attached hydrogens (tertiary/aromatic N) is 2. The second-order valence-corrected chi connectivity index (χ2v) is 9.69. The SMILES string of the molecule is CCCC[C@H](NC(=O)O[C@@H]1C(=O)N(C(=O)c2ccno2)CC1(C)C)C(=O)C(=O)N[C@H](C)c1ccccc1. The highest BCUT2D eigenvalue weighted by atomic mass is 16.6. The molecule has 1 aromatic heterocycles. The van der Waals surface area contributed by atoms with E-state index in [4.69, 9.17) is 9.26 Å². The Labute approximate surface area is 214 Å². The number of alkyl carbamates (subject to hydrolysis) is 1. The molecule has 1 fully saturated rings. The number of Topliss-reactive ketones (excluding diaryl/α,β-unsaturated/α-hetero) is 1. The lowest BCUT2D eigenvalue weighted by molar-refractivity contribution is -0.139. The van der Waals surface area contributed by atoms with Gasteiger partial charge in [-0.2, -0.15) is 0 Å². The number of carbonyl (C=O) groups is 5. The van der Waals surface area contributed by atoms with Gasteiger partial charge in [-0.3, -0.25) is 24.1 Å². The van der Waals surface area contributed by atoms with Crippen LogP contribution in [0.2, 0.25) is 0 Å². The number of nitrogens with one attached hydrogen (secondary N) is 2. The molecular formula is C26H32N4O7. The van der Waals surface area contributed by atoms with E-state index in [1.165, 1.54) is 12.3 Å². The molecule has 2 N–H and O–H groups in total. The van der Waals surface area contributed by atoms with Crippen LogP contribution in [0, 0.1) is 5.41 Å². The number of carbonyl (C=O) groups excluding carboxylic acids is 5. The van der Waals surface area contributed by atoms with Crippen LogP contribution < -0.4 is 10.6 Å². The largest absolute Gasteiger partial charge is 0.435 e. The fraction of sp³-hybridized carbons (Fsp3) is 0.462. The molecule has 198 valence electrons. The Hall–Kier alpha value is -4.02. The lowest BCUT2D eigenvalue weighted by Gasteiger charge is -2.25. The van der Waals surface area contributed by atoms with Crippen LogP contribution in [0.25, 0.3) is 0 Å². The average molecular weight is 513 g/mol. The van der Waals surface area contributed by atoms with E-state index in [0.29, 0.717) is 6.42 Å². The molecule has 2 aromatic rings. The summed E-state index contributed by atoms with van der Waals surface area (Å²) in [4.78, 5) is 64.9. The van der Waals surface area contributed by atoms with Gasteiger partial charge in [-0.15, -0.1) is 0 Å². The third kappa shape index (κ3) is 6.60. The molecule has 37 heavy (non-hydrogen) atoms. The van der Waals surface area contributed by atoms with Crippen molar-refractivity contribution in [1.82, 2.24) is 20.7 Å². The van der Waals surface area contributed by atoms with Gasteiger partial charge in [0.15, 0.2) is 6.10 Å². The number of hydrogen-bond donors (Lipinski definition) is 2. The molecule has 1 aliphatic heterocycles. The monoisotopic (exact) mass is 512 g/mol. The van der Waals surface area contributed by atoms with Gasteiger partial charge in [-0.05, 0) is 18.9 Å². The summed E-state index contributed by atoms with van der Waals surface area (Å²) < 4.78 is 10.2. The Bertz CT molecular complexity index is 1130. The number of hydrogen-bond acceptors (Lipinski definition) is 8. The smallest absolute Gasteiger partial charge is 0.408 e. The Kier molecular flexibility index (Phi) is 8.80. The van der Waals surface area contributed by atoms with Gasteiger partial charge in [0, 0.05) is 18.0 Å². The maximum absolute atomic E-state index is 13.0. The van der Waals surface area contributed by atoms with Crippen LogP contribution >= 0.6 is 0 Å². The minimum atomic E-state index is -1.28. The number of rotatable bonds is 10. The quantitative estimate of drug-likeness (QED) is 0.365.